The fraction of sp³-hybridized carbons (Fsp3) is 0.667. The summed E-state index contributed by atoms with van der Waals surface area (Å²) in [7, 11) is 0. The van der Waals surface area contributed by atoms with Crippen molar-refractivity contribution < 1.29 is 19.0 Å². The number of carbonyl (C=O) groups excluding carboxylic acids is 1. The summed E-state index contributed by atoms with van der Waals surface area (Å²) in [6, 6.07) is 7.58. The Hall–Kier alpha value is -1.70. The van der Waals surface area contributed by atoms with E-state index in [0.717, 1.165) is 45.6 Å². The number of rotatable bonds is 6. The third-order valence-corrected chi connectivity index (χ3v) is 5.94. The second-order valence-electron chi connectivity index (χ2n) is 7.64. The average molecular weight is 394 g/mol. The number of amides is 1. The van der Waals surface area contributed by atoms with Crippen LogP contribution >= 0.6 is 0 Å². The number of piperidine rings is 1. The van der Waals surface area contributed by atoms with Gasteiger partial charge in [0, 0.05) is 63.5 Å². The molecule has 2 aliphatic rings. The van der Waals surface area contributed by atoms with Crippen LogP contribution in [0.4, 0.5) is 9.18 Å². The van der Waals surface area contributed by atoms with Gasteiger partial charge in [0.05, 0.1) is 6.61 Å². The van der Waals surface area contributed by atoms with Gasteiger partial charge in [-0.3, -0.25) is 9.80 Å². The third kappa shape index (κ3) is 5.21. The van der Waals surface area contributed by atoms with E-state index in [1.807, 2.05) is 19.1 Å². The van der Waals surface area contributed by atoms with Gasteiger partial charge in [0.25, 0.3) is 0 Å². The van der Waals surface area contributed by atoms with Gasteiger partial charge in [-0.05, 0) is 32.3 Å². The lowest BCUT2D eigenvalue weighted by Gasteiger charge is -2.46. The molecule has 28 heavy (non-hydrogen) atoms. The standard InChI is InChI=1S/C21H32FN3O3/c1-2-28-21(27)23-10-7-18(8-11-23)25-13-12-24(19(16-25)9-14-26)15-17-5-3-4-6-20(17)22/h3-6,18-19,26H,2,7-16H2,1H3/t19-/m1/s1. The van der Waals surface area contributed by atoms with Crippen LogP contribution in [-0.2, 0) is 11.3 Å². The minimum atomic E-state index is -0.214. The van der Waals surface area contributed by atoms with E-state index in [1.54, 1.807) is 11.0 Å². The number of carbonyl (C=O) groups is 1. The molecule has 1 amide bonds. The summed E-state index contributed by atoms with van der Waals surface area (Å²) in [5.41, 5.74) is 0.710. The highest BCUT2D eigenvalue weighted by Crippen LogP contribution is 2.24. The molecule has 0 saturated carbocycles. The van der Waals surface area contributed by atoms with Gasteiger partial charge >= 0.3 is 6.09 Å². The predicted molar refractivity (Wildman–Crippen MR) is 105 cm³/mol. The summed E-state index contributed by atoms with van der Waals surface area (Å²) in [5.74, 6) is -0.168. The highest BCUT2D eigenvalue weighted by Gasteiger charge is 2.33. The highest BCUT2D eigenvalue weighted by atomic mass is 19.1. The van der Waals surface area contributed by atoms with Crippen LogP contribution in [0.25, 0.3) is 0 Å². The predicted octanol–water partition coefficient (Wildman–Crippen LogP) is 2.32. The second-order valence-corrected chi connectivity index (χ2v) is 7.64. The largest absolute Gasteiger partial charge is 0.450 e. The Morgan fingerprint density at radius 3 is 2.64 bits per heavy atom. The molecule has 7 heteroatoms. The normalized spacial score (nSPS) is 22.4. The summed E-state index contributed by atoms with van der Waals surface area (Å²) in [4.78, 5) is 18.5. The lowest BCUT2D eigenvalue weighted by Crippen LogP contribution is -2.57. The van der Waals surface area contributed by atoms with Crippen molar-refractivity contribution in [2.45, 2.75) is 44.8 Å². The number of likely N-dealkylation sites (tertiary alicyclic amines) is 1. The maximum absolute atomic E-state index is 14.1. The van der Waals surface area contributed by atoms with Crippen LogP contribution in [0.3, 0.4) is 0 Å². The van der Waals surface area contributed by atoms with Crippen molar-refractivity contribution in [2.75, 3.05) is 45.9 Å². The summed E-state index contributed by atoms with van der Waals surface area (Å²) in [6.07, 6.45) is 2.36. The van der Waals surface area contributed by atoms with Gasteiger partial charge in [0.1, 0.15) is 5.82 Å². The molecule has 6 nitrogen and oxygen atoms in total. The number of nitrogens with zero attached hydrogens (tertiary/aromatic N) is 3. The first-order valence-corrected chi connectivity index (χ1v) is 10.4. The van der Waals surface area contributed by atoms with Crippen LogP contribution in [0.5, 0.6) is 0 Å². The number of aliphatic hydroxyl groups is 1. The molecule has 0 aliphatic carbocycles. The Morgan fingerprint density at radius 2 is 1.96 bits per heavy atom. The molecule has 2 saturated heterocycles. The zero-order valence-corrected chi connectivity index (χ0v) is 16.7. The molecule has 1 aromatic rings. The number of hydrogen-bond donors (Lipinski definition) is 1. The molecular weight excluding hydrogens is 361 g/mol. The maximum atomic E-state index is 14.1. The lowest BCUT2D eigenvalue weighted by molar-refractivity contribution is 0.0117. The van der Waals surface area contributed by atoms with Gasteiger partial charge in [-0.15, -0.1) is 0 Å². The second kappa shape index (κ2) is 10.2. The summed E-state index contributed by atoms with van der Waals surface area (Å²) in [5, 5.41) is 9.52. The number of halogens is 1. The molecule has 0 aromatic heterocycles. The minimum Gasteiger partial charge on any atom is -0.450 e. The van der Waals surface area contributed by atoms with Gasteiger partial charge in [-0.25, -0.2) is 9.18 Å². The number of hydrogen-bond acceptors (Lipinski definition) is 5. The molecule has 3 rings (SSSR count). The Morgan fingerprint density at radius 1 is 1.21 bits per heavy atom. The van der Waals surface area contributed by atoms with E-state index < -0.39 is 0 Å². The molecule has 0 unspecified atom stereocenters. The number of benzene rings is 1. The van der Waals surface area contributed by atoms with Crippen LogP contribution in [0, 0.1) is 5.82 Å². The first kappa shape index (κ1) is 21.0. The number of aliphatic hydroxyl groups excluding tert-OH is 1. The summed E-state index contributed by atoms with van der Waals surface area (Å²) < 4.78 is 19.2. The zero-order chi connectivity index (χ0) is 19.9. The fourth-order valence-electron chi connectivity index (χ4n) is 4.35. The Bertz CT molecular complexity index is 637. The van der Waals surface area contributed by atoms with Gasteiger partial charge in [0.15, 0.2) is 0 Å². The lowest BCUT2D eigenvalue weighted by atomic mass is 9.99. The van der Waals surface area contributed by atoms with Crippen LogP contribution < -0.4 is 0 Å². The highest BCUT2D eigenvalue weighted by molar-refractivity contribution is 5.67. The smallest absolute Gasteiger partial charge is 0.409 e. The summed E-state index contributed by atoms with van der Waals surface area (Å²) >= 11 is 0. The van der Waals surface area contributed by atoms with Crippen molar-refractivity contribution in [2.24, 2.45) is 0 Å². The molecule has 156 valence electrons. The molecule has 0 radical (unpaired) electrons. The number of ether oxygens (including phenoxy) is 1. The topological polar surface area (TPSA) is 56.2 Å². The van der Waals surface area contributed by atoms with Gasteiger partial charge in [-0.2, -0.15) is 0 Å². The molecule has 2 aliphatic heterocycles. The molecule has 1 atom stereocenters. The van der Waals surface area contributed by atoms with E-state index >= 15 is 0 Å². The molecule has 1 N–H and O–H groups in total. The molecule has 2 heterocycles. The fourth-order valence-corrected chi connectivity index (χ4v) is 4.35. The van der Waals surface area contributed by atoms with Crippen LogP contribution in [-0.4, -0.2) is 83.9 Å². The van der Waals surface area contributed by atoms with Crippen molar-refractivity contribution >= 4 is 6.09 Å². The van der Waals surface area contributed by atoms with E-state index in [1.165, 1.54) is 6.07 Å². The molecule has 2 fully saturated rings. The first-order valence-electron chi connectivity index (χ1n) is 10.4. The SMILES string of the molecule is CCOC(=O)N1CCC(N2CCN(Cc3ccccc3F)[C@H](CCO)C2)CC1. The van der Waals surface area contributed by atoms with Gasteiger partial charge < -0.3 is 14.7 Å². The Kier molecular flexibility index (Phi) is 7.65. The van der Waals surface area contributed by atoms with Crippen molar-refractivity contribution in [3.05, 3.63) is 35.6 Å². The number of piperazine rings is 1. The quantitative estimate of drug-likeness (QED) is 0.804. The van der Waals surface area contributed by atoms with E-state index in [4.69, 9.17) is 4.74 Å². The monoisotopic (exact) mass is 393 g/mol. The van der Waals surface area contributed by atoms with Gasteiger partial charge in [0.2, 0.25) is 0 Å². The van der Waals surface area contributed by atoms with E-state index in [9.17, 15) is 14.3 Å². The van der Waals surface area contributed by atoms with Crippen molar-refractivity contribution in [3.8, 4) is 0 Å². The summed E-state index contributed by atoms with van der Waals surface area (Å²) in [6.45, 7) is 7.06. The molecule has 0 bridgehead atoms. The van der Waals surface area contributed by atoms with Crippen molar-refractivity contribution in [1.82, 2.24) is 14.7 Å². The van der Waals surface area contributed by atoms with E-state index in [2.05, 4.69) is 9.80 Å². The maximum Gasteiger partial charge on any atom is 0.409 e. The van der Waals surface area contributed by atoms with Crippen LogP contribution in [0.15, 0.2) is 24.3 Å². The molecule has 0 spiro atoms. The first-order chi connectivity index (χ1) is 13.6. The minimum absolute atomic E-state index is 0.133. The van der Waals surface area contributed by atoms with Gasteiger partial charge in [-0.1, -0.05) is 18.2 Å². The average Bonchev–Trinajstić information content (AvgIpc) is 2.71. The van der Waals surface area contributed by atoms with Crippen molar-refractivity contribution in [1.29, 1.82) is 0 Å². The van der Waals surface area contributed by atoms with Crippen LogP contribution in [0.2, 0.25) is 0 Å². The van der Waals surface area contributed by atoms with E-state index in [-0.39, 0.29) is 24.6 Å². The Labute approximate surface area is 166 Å². The molecule has 1 aromatic carbocycles. The molecular formula is C21H32FN3O3. The Balaban J connectivity index is 1.55. The van der Waals surface area contributed by atoms with Crippen molar-refractivity contribution in [3.63, 3.8) is 0 Å². The van der Waals surface area contributed by atoms with E-state index in [0.29, 0.717) is 31.2 Å². The third-order valence-electron chi connectivity index (χ3n) is 5.94. The van der Waals surface area contributed by atoms with Crippen LogP contribution in [0.1, 0.15) is 31.7 Å². The zero-order valence-electron chi connectivity index (χ0n) is 16.7.